The van der Waals surface area contributed by atoms with Crippen molar-refractivity contribution >= 4 is 56.3 Å². The number of carbonyl (C=O) groups is 1. The van der Waals surface area contributed by atoms with E-state index >= 15 is 0 Å². The van der Waals surface area contributed by atoms with Crippen LogP contribution in [0, 0.1) is 6.92 Å². The summed E-state index contributed by atoms with van der Waals surface area (Å²) in [5.41, 5.74) is 1.43. The molecule has 2 N–H and O–H groups in total. The van der Waals surface area contributed by atoms with E-state index in [9.17, 15) is 13.2 Å². The number of hydrogen-bond donors (Lipinski definition) is 2. The smallest absolute Gasteiger partial charge is 0.250 e. The second-order valence-electron chi connectivity index (χ2n) is 5.36. The quantitative estimate of drug-likeness (QED) is 0.684. The predicted molar refractivity (Wildman–Crippen MR) is 106 cm³/mol. The Labute approximate surface area is 161 Å². The summed E-state index contributed by atoms with van der Waals surface area (Å²) in [4.78, 5) is 12.6. The van der Waals surface area contributed by atoms with E-state index in [1.165, 1.54) is 6.07 Å². The zero-order chi connectivity index (χ0) is 18.4. The Morgan fingerprint density at radius 3 is 2.72 bits per heavy atom. The fourth-order valence-corrected chi connectivity index (χ4v) is 5.08. The molecular weight excluding hydrogens is 400 g/mol. The first kappa shape index (κ1) is 20.3. The normalized spacial score (nSPS) is 12.8. The maximum absolute atomic E-state index is 12.6. The van der Waals surface area contributed by atoms with Crippen molar-refractivity contribution in [3.05, 3.63) is 46.3 Å². The number of benzene rings is 1. The van der Waals surface area contributed by atoms with E-state index in [0.717, 1.165) is 16.9 Å². The van der Waals surface area contributed by atoms with Crippen LogP contribution in [0.2, 0.25) is 5.02 Å². The molecule has 1 heterocycles. The van der Waals surface area contributed by atoms with Gasteiger partial charge in [0.15, 0.2) is 0 Å². The van der Waals surface area contributed by atoms with E-state index < -0.39 is 22.0 Å². The molecule has 0 saturated carbocycles. The van der Waals surface area contributed by atoms with Gasteiger partial charge in [0.05, 0.1) is 10.7 Å². The Kier molecular flexibility index (Phi) is 7.33. The molecule has 0 aliphatic heterocycles. The molecule has 1 aromatic heterocycles. The van der Waals surface area contributed by atoms with Crippen LogP contribution < -0.4 is 10.0 Å². The molecule has 25 heavy (non-hydrogen) atoms. The molecule has 0 fully saturated rings. The minimum atomic E-state index is -3.74. The molecule has 136 valence electrons. The average molecular weight is 419 g/mol. The summed E-state index contributed by atoms with van der Waals surface area (Å²) >= 11 is 8.79. The van der Waals surface area contributed by atoms with E-state index in [-0.39, 0.29) is 4.21 Å². The van der Waals surface area contributed by atoms with Crippen LogP contribution in [-0.4, -0.2) is 32.4 Å². The van der Waals surface area contributed by atoms with Crippen molar-refractivity contribution in [2.75, 3.05) is 17.3 Å². The van der Waals surface area contributed by atoms with Crippen molar-refractivity contribution < 1.29 is 13.2 Å². The van der Waals surface area contributed by atoms with Crippen molar-refractivity contribution in [2.24, 2.45) is 0 Å². The van der Waals surface area contributed by atoms with Crippen molar-refractivity contribution in [1.29, 1.82) is 0 Å². The third-order valence-corrected chi connectivity index (χ3v) is 7.19. The summed E-state index contributed by atoms with van der Waals surface area (Å²) in [6, 6.07) is 7.56. The number of nitrogens with one attached hydrogen (secondary N) is 2. The lowest BCUT2D eigenvalue weighted by molar-refractivity contribution is -0.117. The van der Waals surface area contributed by atoms with Gasteiger partial charge in [-0.1, -0.05) is 23.7 Å². The second kappa shape index (κ2) is 9.05. The molecule has 0 aliphatic carbocycles. The summed E-state index contributed by atoms with van der Waals surface area (Å²) in [5, 5.41) is 4.80. The van der Waals surface area contributed by atoms with Crippen molar-refractivity contribution in [2.45, 2.75) is 23.6 Å². The number of anilines is 1. The van der Waals surface area contributed by atoms with E-state index in [0.29, 0.717) is 22.9 Å². The Hall–Kier alpha value is -1.06. The molecule has 2 aromatic rings. The number of hydrogen-bond acceptors (Lipinski definition) is 5. The number of sulfonamides is 1. The summed E-state index contributed by atoms with van der Waals surface area (Å²) in [6.45, 7) is 1.90. The minimum absolute atomic E-state index is 0.183. The lowest BCUT2D eigenvalue weighted by Crippen LogP contribution is -2.44. The molecule has 0 spiro atoms. The SMILES string of the molecule is CSCCC(NS(=O)(=O)c1cccs1)C(=O)Nc1ccc(C)cc1Cl. The van der Waals surface area contributed by atoms with Gasteiger partial charge in [0.25, 0.3) is 10.0 Å². The molecule has 0 aliphatic rings. The number of thioether (sulfide) groups is 1. The molecule has 0 radical (unpaired) electrons. The molecule has 1 amide bonds. The predicted octanol–water partition coefficient (Wildman–Crippen LogP) is 3.75. The zero-order valence-electron chi connectivity index (χ0n) is 13.8. The van der Waals surface area contributed by atoms with Crippen molar-refractivity contribution in [1.82, 2.24) is 4.72 Å². The van der Waals surface area contributed by atoms with E-state index in [4.69, 9.17) is 11.6 Å². The third kappa shape index (κ3) is 5.72. The summed E-state index contributed by atoms with van der Waals surface area (Å²) in [5.74, 6) is 0.215. The Balaban J connectivity index is 2.17. The van der Waals surface area contributed by atoms with E-state index in [1.807, 2.05) is 19.2 Å². The Morgan fingerprint density at radius 1 is 1.36 bits per heavy atom. The summed E-state index contributed by atoms with van der Waals surface area (Å²) in [6.07, 6.45) is 2.28. The number of amides is 1. The topological polar surface area (TPSA) is 75.3 Å². The van der Waals surface area contributed by atoms with Gasteiger partial charge in [-0.25, -0.2) is 8.42 Å². The van der Waals surface area contributed by atoms with E-state index in [1.54, 1.807) is 35.3 Å². The number of carbonyl (C=O) groups excluding carboxylic acids is 1. The van der Waals surface area contributed by atoms with Crippen LogP contribution in [0.15, 0.2) is 39.9 Å². The van der Waals surface area contributed by atoms with Crippen LogP contribution in [0.1, 0.15) is 12.0 Å². The standard InChI is InChI=1S/C16H19ClN2O3S3/c1-11-5-6-13(12(17)10-11)18-16(20)14(7-9-23-2)19-25(21,22)15-4-3-8-24-15/h3-6,8,10,14,19H,7,9H2,1-2H3,(H,18,20). The molecular formula is C16H19ClN2O3S3. The average Bonchev–Trinajstić information content (AvgIpc) is 3.09. The molecule has 1 aromatic carbocycles. The van der Waals surface area contributed by atoms with Crippen LogP contribution in [0.25, 0.3) is 0 Å². The zero-order valence-corrected chi connectivity index (χ0v) is 17.0. The van der Waals surface area contributed by atoms with Crippen LogP contribution >= 0.6 is 34.7 Å². The van der Waals surface area contributed by atoms with Gasteiger partial charge in [-0.2, -0.15) is 16.5 Å². The van der Waals surface area contributed by atoms with Gasteiger partial charge >= 0.3 is 0 Å². The minimum Gasteiger partial charge on any atom is -0.323 e. The maximum atomic E-state index is 12.6. The first-order valence-corrected chi connectivity index (χ1v) is 11.6. The molecule has 2 rings (SSSR count). The van der Waals surface area contributed by atoms with Crippen LogP contribution in [0.4, 0.5) is 5.69 Å². The highest BCUT2D eigenvalue weighted by Crippen LogP contribution is 2.23. The monoisotopic (exact) mass is 418 g/mol. The molecule has 5 nitrogen and oxygen atoms in total. The highest BCUT2D eigenvalue weighted by atomic mass is 35.5. The highest BCUT2D eigenvalue weighted by molar-refractivity contribution is 7.98. The molecule has 0 bridgehead atoms. The molecule has 1 atom stereocenters. The van der Waals surface area contributed by atoms with Gasteiger partial charge in [0, 0.05) is 0 Å². The van der Waals surface area contributed by atoms with Gasteiger partial charge in [0.1, 0.15) is 10.3 Å². The molecule has 9 heteroatoms. The van der Waals surface area contributed by atoms with Gasteiger partial charge in [-0.15, -0.1) is 11.3 Å². The maximum Gasteiger partial charge on any atom is 0.250 e. The lowest BCUT2D eigenvalue weighted by atomic mass is 10.2. The Morgan fingerprint density at radius 2 is 2.12 bits per heavy atom. The summed E-state index contributed by atoms with van der Waals surface area (Å²) in [7, 11) is -3.74. The summed E-state index contributed by atoms with van der Waals surface area (Å²) < 4.78 is 27.5. The number of rotatable bonds is 8. The lowest BCUT2D eigenvalue weighted by Gasteiger charge is -2.18. The van der Waals surface area contributed by atoms with Crippen LogP contribution in [0.5, 0.6) is 0 Å². The van der Waals surface area contributed by atoms with Crippen LogP contribution in [-0.2, 0) is 14.8 Å². The first-order valence-electron chi connectivity index (χ1n) is 7.45. The van der Waals surface area contributed by atoms with Gasteiger partial charge in [-0.05, 0) is 54.5 Å². The van der Waals surface area contributed by atoms with Crippen molar-refractivity contribution in [3.63, 3.8) is 0 Å². The second-order valence-corrected chi connectivity index (χ2v) is 9.64. The first-order chi connectivity index (χ1) is 11.8. The van der Waals surface area contributed by atoms with Crippen LogP contribution in [0.3, 0.4) is 0 Å². The van der Waals surface area contributed by atoms with Gasteiger partial charge in [0.2, 0.25) is 5.91 Å². The number of aryl methyl sites for hydroxylation is 1. The number of halogens is 1. The highest BCUT2D eigenvalue weighted by Gasteiger charge is 2.26. The van der Waals surface area contributed by atoms with Gasteiger partial charge < -0.3 is 5.32 Å². The Bertz CT molecular complexity index is 823. The van der Waals surface area contributed by atoms with E-state index in [2.05, 4.69) is 10.0 Å². The molecule has 0 saturated heterocycles. The molecule has 1 unspecified atom stereocenters. The van der Waals surface area contributed by atoms with Gasteiger partial charge in [-0.3, -0.25) is 4.79 Å². The fraction of sp³-hybridized carbons (Fsp3) is 0.312. The fourth-order valence-electron chi connectivity index (χ4n) is 2.08. The largest absolute Gasteiger partial charge is 0.323 e. The number of thiophene rings is 1. The van der Waals surface area contributed by atoms with Crippen molar-refractivity contribution in [3.8, 4) is 0 Å². The third-order valence-electron chi connectivity index (χ3n) is 3.37.